The predicted octanol–water partition coefficient (Wildman–Crippen LogP) is 5.30. The number of nitro groups is 1. The van der Waals surface area contributed by atoms with Gasteiger partial charge < -0.3 is 4.74 Å². The molecule has 0 bridgehead atoms. The maximum Gasteiger partial charge on any atom is 0.273 e. The summed E-state index contributed by atoms with van der Waals surface area (Å²) in [6.45, 7) is 0.452. The number of non-ortho nitro benzene ring substituents is 1. The minimum Gasteiger partial charge on any atom is -0.456 e. The molecule has 2 aromatic carbocycles. The third-order valence-corrected chi connectivity index (χ3v) is 8.01. The molecule has 0 spiro atoms. The molecule has 2 aliphatic rings. The standard InChI is InChI=1S/C25H22N2O6S2/c28-27(29)20-11-9-18-15-19-6-3-5-17(25(19)33-22(18)16-20)10-12-24-26(13-4-14-35(30,31)32)21-7-1-2-8-23(21)34-24/h1-2,7-12,15-16H,3-6,13-14H2/p+1. The molecule has 8 nitrogen and oxygen atoms in total. The summed E-state index contributed by atoms with van der Waals surface area (Å²) < 4.78 is 40.8. The summed E-state index contributed by atoms with van der Waals surface area (Å²) >= 11 is 1.60. The Hall–Kier alpha value is -3.34. The van der Waals surface area contributed by atoms with E-state index in [2.05, 4.69) is 4.57 Å². The van der Waals surface area contributed by atoms with Crippen molar-refractivity contribution < 1.29 is 27.2 Å². The highest BCUT2D eigenvalue weighted by Gasteiger charge is 2.25. The van der Waals surface area contributed by atoms with Crippen molar-refractivity contribution in [3.05, 3.63) is 86.1 Å². The van der Waals surface area contributed by atoms with Crippen molar-refractivity contribution in [1.29, 1.82) is 0 Å². The van der Waals surface area contributed by atoms with E-state index in [-0.39, 0.29) is 11.4 Å². The van der Waals surface area contributed by atoms with Crippen LogP contribution in [0.2, 0.25) is 0 Å². The van der Waals surface area contributed by atoms with Crippen molar-refractivity contribution in [2.75, 3.05) is 5.75 Å². The number of nitro benzene ring substituents is 1. The lowest BCUT2D eigenvalue weighted by Gasteiger charge is -2.26. The van der Waals surface area contributed by atoms with Gasteiger partial charge in [0.05, 0.1) is 16.7 Å². The van der Waals surface area contributed by atoms with E-state index in [0.717, 1.165) is 57.0 Å². The fourth-order valence-electron chi connectivity index (χ4n) is 4.46. The molecule has 0 unspecified atom stereocenters. The van der Waals surface area contributed by atoms with Gasteiger partial charge in [0.15, 0.2) is 6.54 Å². The van der Waals surface area contributed by atoms with E-state index in [1.165, 1.54) is 12.1 Å². The van der Waals surface area contributed by atoms with Crippen LogP contribution in [-0.2, 0) is 16.7 Å². The monoisotopic (exact) mass is 511 g/mol. The van der Waals surface area contributed by atoms with Gasteiger partial charge in [-0.2, -0.15) is 13.0 Å². The lowest BCUT2D eigenvalue weighted by atomic mass is 9.90. The second-order valence-electron chi connectivity index (χ2n) is 8.49. The number of benzene rings is 2. The van der Waals surface area contributed by atoms with E-state index < -0.39 is 15.0 Å². The highest BCUT2D eigenvalue weighted by atomic mass is 32.2. The van der Waals surface area contributed by atoms with Crippen LogP contribution in [0, 0.1) is 10.1 Å². The Balaban J connectivity index is 1.49. The van der Waals surface area contributed by atoms with Gasteiger partial charge in [-0.1, -0.05) is 23.5 Å². The van der Waals surface area contributed by atoms with Gasteiger partial charge in [-0.3, -0.25) is 14.7 Å². The number of para-hydroxylation sites is 1. The molecule has 0 atom stereocenters. The van der Waals surface area contributed by atoms with Crippen LogP contribution in [0.1, 0.15) is 36.3 Å². The number of allylic oxidation sites excluding steroid dienone is 3. The number of hydrogen-bond acceptors (Lipinski definition) is 6. The summed E-state index contributed by atoms with van der Waals surface area (Å²) in [5, 5.41) is 12.1. The van der Waals surface area contributed by atoms with Crippen LogP contribution < -0.4 is 9.30 Å². The third-order valence-electron chi connectivity index (χ3n) is 6.07. The van der Waals surface area contributed by atoms with Crippen LogP contribution in [0.4, 0.5) is 5.69 Å². The first kappa shape index (κ1) is 23.4. The number of aromatic nitrogens is 1. The predicted molar refractivity (Wildman–Crippen MR) is 135 cm³/mol. The molecule has 0 fully saturated rings. The first-order chi connectivity index (χ1) is 16.8. The molecule has 180 valence electrons. The van der Waals surface area contributed by atoms with E-state index in [9.17, 15) is 18.5 Å². The number of thiazole rings is 1. The van der Waals surface area contributed by atoms with E-state index in [4.69, 9.17) is 9.29 Å². The summed E-state index contributed by atoms with van der Waals surface area (Å²) in [5.74, 6) is 0.934. The molecule has 1 N–H and O–H groups in total. The summed E-state index contributed by atoms with van der Waals surface area (Å²) in [6.07, 6.45) is 9.04. The minimum atomic E-state index is -4.02. The highest BCUT2D eigenvalue weighted by Crippen LogP contribution is 2.41. The quantitative estimate of drug-likeness (QED) is 0.199. The normalized spacial score (nSPS) is 15.6. The number of hydrogen-bond donors (Lipinski definition) is 1. The lowest BCUT2D eigenvalue weighted by molar-refractivity contribution is -0.668. The average molecular weight is 512 g/mol. The first-order valence-electron chi connectivity index (χ1n) is 11.2. The first-order valence-corrected chi connectivity index (χ1v) is 13.7. The third kappa shape index (κ3) is 5.04. The van der Waals surface area contributed by atoms with Gasteiger partial charge in [0.25, 0.3) is 20.8 Å². The van der Waals surface area contributed by atoms with Gasteiger partial charge in [0.1, 0.15) is 16.2 Å². The molecule has 1 aromatic heterocycles. The van der Waals surface area contributed by atoms with E-state index in [0.29, 0.717) is 18.7 Å². The molecule has 0 radical (unpaired) electrons. The number of fused-ring (bicyclic) bond motifs is 3. The smallest absolute Gasteiger partial charge is 0.273 e. The maximum absolute atomic E-state index is 11.2. The Bertz CT molecular complexity index is 1530. The summed E-state index contributed by atoms with van der Waals surface area (Å²) in [4.78, 5) is 10.8. The Morgan fingerprint density at radius 1 is 1.17 bits per heavy atom. The van der Waals surface area contributed by atoms with Crippen molar-refractivity contribution in [3.63, 3.8) is 0 Å². The van der Waals surface area contributed by atoms with E-state index in [1.807, 2.05) is 42.5 Å². The minimum absolute atomic E-state index is 0.00897. The lowest BCUT2D eigenvalue weighted by Crippen LogP contribution is -2.36. The zero-order valence-electron chi connectivity index (χ0n) is 18.7. The Morgan fingerprint density at radius 2 is 2.00 bits per heavy atom. The van der Waals surface area contributed by atoms with Crippen molar-refractivity contribution in [1.82, 2.24) is 0 Å². The molecule has 0 amide bonds. The number of ether oxygens (including phenoxy) is 1. The van der Waals surface area contributed by atoms with Gasteiger partial charge in [-0.05, 0) is 54.7 Å². The van der Waals surface area contributed by atoms with Crippen molar-refractivity contribution in [2.45, 2.75) is 32.2 Å². The average Bonchev–Trinajstić information content (AvgIpc) is 3.17. The molecule has 5 rings (SSSR count). The van der Waals surface area contributed by atoms with Gasteiger partial charge in [0.2, 0.25) is 5.52 Å². The zero-order valence-corrected chi connectivity index (χ0v) is 20.3. The molecule has 1 aliphatic heterocycles. The van der Waals surface area contributed by atoms with E-state index >= 15 is 0 Å². The van der Waals surface area contributed by atoms with Crippen LogP contribution in [0.25, 0.3) is 22.4 Å². The van der Waals surface area contributed by atoms with Crippen LogP contribution in [-0.4, -0.2) is 23.6 Å². The van der Waals surface area contributed by atoms with Gasteiger partial charge >= 0.3 is 0 Å². The molecular weight excluding hydrogens is 488 g/mol. The fourth-order valence-corrected chi connectivity index (χ4v) is 6.04. The van der Waals surface area contributed by atoms with Crippen LogP contribution in [0.5, 0.6) is 5.75 Å². The molecule has 3 aromatic rings. The summed E-state index contributed by atoms with van der Waals surface area (Å²) in [7, 11) is -4.02. The molecule has 10 heteroatoms. The topological polar surface area (TPSA) is 111 Å². The fraction of sp³-hybridized carbons (Fsp3) is 0.240. The molecule has 0 saturated carbocycles. The van der Waals surface area contributed by atoms with Crippen LogP contribution in [0.15, 0.2) is 65.4 Å². The molecular formula is C25H23N2O6S2+. The van der Waals surface area contributed by atoms with Gasteiger partial charge in [0, 0.05) is 30.2 Å². The second-order valence-corrected chi connectivity index (χ2v) is 11.1. The van der Waals surface area contributed by atoms with Crippen molar-refractivity contribution in [3.8, 4) is 5.75 Å². The van der Waals surface area contributed by atoms with Gasteiger partial charge in [-0.25, -0.2) is 0 Å². The zero-order chi connectivity index (χ0) is 24.6. The Kier molecular flexibility index (Phi) is 6.26. The van der Waals surface area contributed by atoms with E-state index in [1.54, 1.807) is 17.4 Å². The maximum atomic E-state index is 11.2. The van der Waals surface area contributed by atoms with Crippen LogP contribution >= 0.6 is 11.3 Å². The van der Waals surface area contributed by atoms with Crippen LogP contribution in [0.3, 0.4) is 0 Å². The Labute approximate surface area is 206 Å². The summed E-state index contributed by atoms with van der Waals surface area (Å²) in [6, 6.07) is 12.6. The molecule has 2 heterocycles. The highest BCUT2D eigenvalue weighted by molar-refractivity contribution is 7.85. The number of rotatable bonds is 7. The van der Waals surface area contributed by atoms with Crippen molar-refractivity contribution in [2.24, 2.45) is 0 Å². The number of aryl methyl sites for hydroxylation is 1. The van der Waals surface area contributed by atoms with Crippen molar-refractivity contribution >= 4 is 49.5 Å². The number of nitrogens with zero attached hydrogens (tertiary/aromatic N) is 2. The summed E-state index contributed by atoms with van der Waals surface area (Å²) in [5.41, 5.74) is 3.92. The second kappa shape index (κ2) is 9.37. The SMILES string of the molecule is O=[N+]([O-])c1ccc2c(c1)OC1=C(C=Cc3sc4ccccc4[n+]3CCCS(=O)(=O)O)CCCC1=C2. The largest absolute Gasteiger partial charge is 0.456 e. The molecule has 1 aliphatic carbocycles. The molecule has 35 heavy (non-hydrogen) atoms. The molecule has 0 saturated heterocycles. The van der Waals surface area contributed by atoms with Gasteiger partial charge in [-0.15, -0.1) is 0 Å². The Morgan fingerprint density at radius 3 is 2.80 bits per heavy atom.